The van der Waals surface area contributed by atoms with E-state index in [-0.39, 0.29) is 24.0 Å². The van der Waals surface area contributed by atoms with E-state index in [1.54, 1.807) is 0 Å². The smallest absolute Gasteiger partial charge is 0.188 e. The SMILES string of the molecule is CC(C)CNC(N)=NCc1ccc(CN2CCCCCC2)cc1.I. The molecule has 1 fully saturated rings. The molecule has 136 valence electrons. The number of hydrogen-bond donors (Lipinski definition) is 2. The lowest BCUT2D eigenvalue weighted by Gasteiger charge is -2.19. The van der Waals surface area contributed by atoms with Crippen molar-refractivity contribution in [2.24, 2.45) is 16.6 Å². The molecule has 0 bridgehead atoms. The summed E-state index contributed by atoms with van der Waals surface area (Å²) < 4.78 is 0. The van der Waals surface area contributed by atoms with Crippen LogP contribution < -0.4 is 11.1 Å². The van der Waals surface area contributed by atoms with E-state index in [4.69, 9.17) is 5.73 Å². The molecular weight excluding hydrogens is 411 g/mol. The molecule has 1 saturated heterocycles. The first-order valence-corrected chi connectivity index (χ1v) is 8.97. The van der Waals surface area contributed by atoms with E-state index in [0.717, 1.165) is 13.1 Å². The number of aliphatic imine (C=N–C) groups is 1. The lowest BCUT2D eigenvalue weighted by molar-refractivity contribution is 0.277. The number of rotatable bonds is 6. The van der Waals surface area contributed by atoms with Crippen LogP contribution in [0.2, 0.25) is 0 Å². The summed E-state index contributed by atoms with van der Waals surface area (Å²) in [6, 6.07) is 8.81. The highest BCUT2D eigenvalue weighted by Gasteiger charge is 2.09. The predicted octanol–water partition coefficient (Wildman–Crippen LogP) is 3.74. The first kappa shape index (κ1) is 21.2. The van der Waals surface area contributed by atoms with Gasteiger partial charge in [0.1, 0.15) is 0 Å². The molecule has 1 aromatic carbocycles. The highest BCUT2D eigenvalue weighted by atomic mass is 127. The Morgan fingerprint density at radius 3 is 2.25 bits per heavy atom. The van der Waals surface area contributed by atoms with Crippen LogP contribution in [0.1, 0.15) is 50.7 Å². The lowest BCUT2D eigenvalue weighted by Crippen LogP contribution is -2.34. The maximum atomic E-state index is 5.87. The maximum absolute atomic E-state index is 5.87. The van der Waals surface area contributed by atoms with Crippen molar-refractivity contribution in [2.45, 2.75) is 52.6 Å². The van der Waals surface area contributed by atoms with E-state index in [1.807, 2.05) is 0 Å². The average Bonchev–Trinajstić information content (AvgIpc) is 2.81. The summed E-state index contributed by atoms with van der Waals surface area (Å²) in [5.74, 6) is 1.11. The molecule has 1 aromatic rings. The Morgan fingerprint density at radius 2 is 1.67 bits per heavy atom. The molecule has 0 aliphatic carbocycles. The lowest BCUT2D eigenvalue weighted by atomic mass is 10.1. The molecule has 0 radical (unpaired) electrons. The van der Waals surface area contributed by atoms with Crippen molar-refractivity contribution >= 4 is 29.9 Å². The number of halogens is 1. The van der Waals surface area contributed by atoms with Gasteiger partial charge >= 0.3 is 0 Å². The second-order valence-corrected chi connectivity index (χ2v) is 6.98. The number of guanidine groups is 1. The summed E-state index contributed by atoms with van der Waals surface area (Å²) in [6.07, 6.45) is 5.46. The molecular formula is C19H33IN4. The zero-order chi connectivity index (χ0) is 16.5. The van der Waals surface area contributed by atoms with Crippen LogP contribution in [0, 0.1) is 5.92 Å². The fourth-order valence-corrected chi connectivity index (χ4v) is 2.84. The quantitative estimate of drug-likeness (QED) is 0.399. The van der Waals surface area contributed by atoms with E-state index in [2.05, 4.69) is 53.3 Å². The number of benzene rings is 1. The first-order valence-electron chi connectivity index (χ1n) is 8.97. The molecule has 1 aliphatic rings. The van der Waals surface area contributed by atoms with Crippen molar-refractivity contribution < 1.29 is 0 Å². The van der Waals surface area contributed by atoms with Crippen LogP contribution in [0.15, 0.2) is 29.3 Å². The van der Waals surface area contributed by atoms with Gasteiger partial charge in [0.2, 0.25) is 0 Å². The van der Waals surface area contributed by atoms with E-state index in [9.17, 15) is 0 Å². The Labute approximate surface area is 164 Å². The van der Waals surface area contributed by atoms with Gasteiger partial charge in [0.25, 0.3) is 0 Å². The Balaban J connectivity index is 0.00000288. The van der Waals surface area contributed by atoms with Crippen molar-refractivity contribution in [3.8, 4) is 0 Å². The van der Waals surface area contributed by atoms with E-state index < -0.39 is 0 Å². The van der Waals surface area contributed by atoms with Crippen LogP contribution >= 0.6 is 24.0 Å². The van der Waals surface area contributed by atoms with Crippen LogP contribution in [0.5, 0.6) is 0 Å². The molecule has 0 amide bonds. The molecule has 4 nitrogen and oxygen atoms in total. The van der Waals surface area contributed by atoms with Gasteiger partial charge in [0.15, 0.2) is 5.96 Å². The van der Waals surface area contributed by atoms with Gasteiger partial charge in [0, 0.05) is 13.1 Å². The number of likely N-dealkylation sites (tertiary alicyclic amines) is 1. The average molecular weight is 444 g/mol. The molecule has 1 heterocycles. The highest BCUT2D eigenvalue weighted by Crippen LogP contribution is 2.14. The van der Waals surface area contributed by atoms with Crippen molar-refractivity contribution in [2.75, 3.05) is 19.6 Å². The minimum Gasteiger partial charge on any atom is -0.370 e. The third-order valence-electron chi connectivity index (χ3n) is 4.25. The second-order valence-electron chi connectivity index (χ2n) is 6.98. The molecule has 0 saturated carbocycles. The minimum atomic E-state index is 0. The Kier molecular flexibility index (Phi) is 10.3. The van der Waals surface area contributed by atoms with Gasteiger partial charge < -0.3 is 11.1 Å². The van der Waals surface area contributed by atoms with Crippen molar-refractivity contribution in [1.29, 1.82) is 0 Å². The van der Waals surface area contributed by atoms with E-state index in [1.165, 1.54) is 49.9 Å². The van der Waals surface area contributed by atoms with Gasteiger partial charge in [-0.05, 0) is 43.0 Å². The summed E-state index contributed by atoms with van der Waals surface area (Å²) in [7, 11) is 0. The topological polar surface area (TPSA) is 53.6 Å². The molecule has 3 N–H and O–H groups in total. The standard InChI is InChI=1S/C19H32N4.HI/c1-16(2)13-21-19(20)22-14-17-7-9-18(10-8-17)15-23-11-5-3-4-6-12-23;/h7-10,16H,3-6,11-15H2,1-2H3,(H3,20,21,22);1H. The van der Waals surface area contributed by atoms with Gasteiger partial charge in [-0.3, -0.25) is 4.90 Å². The minimum absolute atomic E-state index is 0. The van der Waals surface area contributed by atoms with Crippen LogP contribution in [-0.4, -0.2) is 30.5 Å². The summed E-state index contributed by atoms with van der Waals surface area (Å²) >= 11 is 0. The molecule has 5 heteroatoms. The van der Waals surface area contributed by atoms with Crippen molar-refractivity contribution in [3.05, 3.63) is 35.4 Å². The molecule has 2 rings (SSSR count). The van der Waals surface area contributed by atoms with Crippen LogP contribution in [-0.2, 0) is 13.1 Å². The van der Waals surface area contributed by atoms with Crippen molar-refractivity contribution in [1.82, 2.24) is 10.2 Å². The van der Waals surface area contributed by atoms with Gasteiger partial charge in [-0.25, -0.2) is 4.99 Å². The van der Waals surface area contributed by atoms with Gasteiger partial charge in [-0.2, -0.15) is 0 Å². The summed E-state index contributed by atoms with van der Waals surface area (Å²) in [4.78, 5) is 6.97. The highest BCUT2D eigenvalue weighted by molar-refractivity contribution is 14.0. The normalized spacial score (nSPS) is 16.5. The largest absolute Gasteiger partial charge is 0.370 e. The summed E-state index contributed by atoms with van der Waals surface area (Å²) in [5.41, 5.74) is 8.47. The Bertz CT molecular complexity index is 477. The fraction of sp³-hybridized carbons (Fsp3) is 0.632. The summed E-state index contributed by atoms with van der Waals surface area (Å²) in [5, 5.41) is 3.14. The number of nitrogens with two attached hydrogens (primary N) is 1. The zero-order valence-corrected chi connectivity index (χ0v) is 17.5. The molecule has 0 atom stereocenters. The maximum Gasteiger partial charge on any atom is 0.188 e. The Hall–Kier alpha value is -0.820. The zero-order valence-electron chi connectivity index (χ0n) is 15.1. The van der Waals surface area contributed by atoms with Crippen LogP contribution in [0.3, 0.4) is 0 Å². The Morgan fingerprint density at radius 1 is 1.08 bits per heavy atom. The predicted molar refractivity (Wildman–Crippen MR) is 114 cm³/mol. The number of hydrogen-bond acceptors (Lipinski definition) is 2. The van der Waals surface area contributed by atoms with Gasteiger partial charge in [-0.15, -0.1) is 24.0 Å². The monoisotopic (exact) mass is 444 g/mol. The third-order valence-corrected chi connectivity index (χ3v) is 4.25. The van der Waals surface area contributed by atoms with Crippen LogP contribution in [0.4, 0.5) is 0 Å². The first-order chi connectivity index (χ1) is 11.1. The second kappa shape index (κ2) is 11.7. The molecule has 0 unspecified atom stereocenters. The molecule has 0 aromatic heterocycles. The van der Waals surface area contributed by atoms with Gasteiger partial charge in [-0.1, -0.05) is 51.0 Å². The molecule has 1 aliphatic heterocycles. The fourth-order valence-electron chi connectivity index (χ4n) is 2.84. The van der Waals surface area contributed by atoms with Crippen LogP contribution in [0.25, 0.3) is 0 Å². The number of nitrogens with one attached hydrogen (secondary N) is 1. The summed E-state index contributed by atoms with van der Waals surface area (Å²) in [6.45, 7) is 9.37. The van der Waals surface area contributed by atoms with E-state index in [0.29, 0.717) is 18.4 Å². The van der Waals surface area contributed by atoms with E-state index >= 15 is 0 Å². The van der Waals surface area contributed by atoms with Crippen molar-refractivity contribution in [3.63, 3.8) is 0 Å². The molecule has 0 spiro atoms. The third kappa shape index (κ3) is 8.33. The number of nitrogens with zero attached hydrogens (tertiary/aromatic N) is 2. The molecule has 24 heavy (non-hydrogen) atoms. The van der Waals surface area contributed by atoms with Gasteiger partial charge in [0.05, 0.1) is 6.54 Å².